The Kier molecular flexibility index (Phi) is 4.88. The van der Waals surface area contributed by atoms with Crippen LogP contribution < -0.4 is 0 Å². The third kappa shape index (κ3) is 3.70. The van der Waals surface area contributed by atoms with Gasteiger partial charge in [-0.15, -0.1) is 6.58 Å². The van der Waals surface area contributed by atoms with Crippen LogP contribution in [0.2, 0.25) is 0 Å². The van der Waals surface area contributed by atoms with Gasteiger partial charge in [-0.3, -0.25) is 4.99 Å². The highest BCUT2D eigenvalue weighted by atomic mass is 15.2. The van der Waals surface area contributed by atoms with Crippen molar-refractivity contribution in [3.05, 3.63) is 36.5 Å². The molecule has 0 spiro atoms. The summed E-state index contributed by atoms with van der Waals surface area (Å²) >= 11 is 0. The van der Waals surface area contributed by atoms with Gasteiger partial charge in [0.15, 0.2) is 0 Å². The molecule has 0 aromatic rings. The van der Waals surface area contributed by atoms with Crippen LogP contribution in [0.5, 0.6) is 0 Å². The van der Waals surface area contributed by atoms with E-state index in [0.29, 0.717) is 0 Å². The summed E-state index contributed by atoms with van der Waals surface area (Å²) in [5.41, 5.74) is 1.22. The highest BCUT2D eigenvalue weighted by Crippen LogP contribution is 2.18. The molecular weight excluding hydrogens is 210 g/mol. The molecule has 0 N–H and O–H groups in total. The third-order valence-corrected chi connectivity index (χ3v) is 2.60. The molecule has 0 saturated carbocycles. The van der Waals surface area contributed by atoms with Gasteiger partial charge in [0.25, 0.3) is 0 Å². The second-order valence-corrected chi connectivity index (χ2v) is 4.22. The van der Waals surface area contributed by atoms with Gasteiger partial charge in [-0.1, -0.05) is 24.3 Å². The lowest BCUT2D eigenvalue weighted by Crippen LogP contribution is -2.23. The Balaban J connectivity index is 3.11. The summed E-state index contributed by atoms with van der Waals surface area (Å²) in [4.78, 5) is 11.1. The molecule has 0 radical (unpaired) electrons. The molecule has 0 aliphatic carbocycles. The minimum atomic E-state index is 0.0346. The second-order valence-electron chi connectivity index (χ2n) is 4.22. The van der Waals surface area contributed by atoms with Crippen molar-refractivity contribution < 1.29 is 0 Å². The topological polar surface area (TPSA) is 28.0 Å². The summed E-state index contributed by atoms with van der Waals surface area (Å²) in [6.45, 7) is 7.79. The van der Waals surface area contributed by atoms with E-state index in [1.54, 1.807) is 0 Å². The Morgan fingerprint density at radius 1 is 1.41 bits per heavy atom. The number of allylic oxidation sites excluding steroid dienone is 3. The van der Waals surface area contributed by atoms with Crippen molar-refractivity contribution in [2.45, 2.75) is 26.3 Å². The van der Waals surface area contributed by atoms with Gasteiger partial charge in [-0.25, -0.2) is 4.99 Å². The van der Waals surface area contributed by atoms with Crippen LogP contribution in [0, 0.1) is 0 Å². The SMILES string of the molecule is C=CC1N=C(C)N=C(N(C)C)C/C1=C/C=C\C. The molecular formula is C14H21N3. The van der Waals surface area contributed by atoms with E-state index in [-0.39, 0.29) is 6.04 Å². The summed E-state index contributed by atoms with van der Waals surface area (Å²) in [7, 11) is 4.02. The molecule has 0 saturated heterocycles. The molecule has 1 aliphatic heterocycles. The van der Waals surface area contributed by atoms with Crippen molar-refractivity contribution in [1.82, 2.24) is 4.90 Å². The molecule has 0 aromatic heterocycles. The minimum absolute atomic E-state index is 0.0346. The molecule has 1 atom stereocenters. The van der Waals surface area contributed by atoms with E-state index >= 15 is 0 Å². The van der Waals surface area contributed by atoms with Crippen LogP contribution in [0.15, 0.2) is 46.4 Å². The van der Waals surface area contributed by atoms with Gasteiger partial charge >= 0.3 is 0 Å². The number of aliphatic imine (C=N–C) groups is 2. The Morgan fingerprint density at radius 3 is 2.65 bits per heavy atom. The van der Waals surface area contributed by atoms with Gasteiger partial charge in [0.05, 0.1) is 6.04 Å². The van der Waals surface area contributed by atoms with E-state index in [1.807, 2.05) is 51.1 Å². The summed E-state index contributed by atoms with van der Waals surface area (Å²) in [6, 6.07) is 0.0346. The number of amidine groups is 2. The van der Waals surface area contributed by atoms with Gasteiger partial charge in [-0.2, -0.15) is 0 Å². The fourth-order valence-electron chi connectivity index (χ4n) is 1.67. The Labute approximate surface area is 104 Å². The molecule has 1 aliphatic rings. The summed E-state index contributed by atoms with van der Waals surface area (Å²) in [5, 5.41) is 0. The zero-order valence-electron chi connectivity index (χ0n) is 11.1. The van der Waals surface area contributed by atoms with Gasteiger partial charge in [0.1, 0.15) is 11.7 Å². The monoisotopic (exact) mass is 231 g/mol. The molecule has 1 heterocycles. The van der Waals surface area contributed by atoms with Gasteiger partial charge in [0.2, 0.25) is 0 Å². The maximum absolute atomic E-state index is 4.54. The molecule has 1 rings (SSSR count). The number of rotatable bonds is 2. The molecule has 0 bridgehead atoms. The van der Waals surface area contributed by atoms with E-state index in [9.17, 15) is 0 Å². The summed E-state index contributed by atoms with van der Waals surface area (Å²) in [6.07, 6.45) is 8.84. The lowest BCUT2D eigenvalue weighted by Gasteiger charge is -2.16. The molecule has 0 aromatic carbocycles. The van der Waals surface area contributed by atoms with E-state index in [4.69, 9.17) is 0 Å². The van der Waals surface area contributed by atoms with Crippen molar-refractivity contribution in [3.8, 4) is 0 Å². The first kappa shape index (κ1) is 13.4. The molecule has 0 amide bonds. The lowest BCUT2D eigenvalue weighted by atomic mass is 10.0. The van der Waals surface area contributed by atoms with E-state index in [1.165, 1.54) is 5.57 Å². The van der Waals surface area contributed by atoms with Crippen molar-refractivity contribution in [3.63, 3.8) is 0 Å². The first-order chi connectivity index (χ1) is 8.08. The average molecular weight is 231 g/mol. The first-order valence-corrected chi connectivity index (χ1v) is 5.82. The van der Waals surface area contributed by atoms with E-state index in [0.717, 1.165) is 18.1 Å². The lowest BCUT2D eigenvalue weighted by molar-refractivity contribution is 0.610. The predicted molar refractivity (Wildman–Crippen MR) is 75.7 cm³/mol. The number of hydrogen-bond acceptors (Lipinski definition) is 3. The second kappa shape index (κ2) is 6.18. The highest BCUT2D eigenvalue weighted by molar-refractivity contribution is 5.98. The van der Waals surface area contributed by atoms with Crippen molar-refractivity contribution >= 4 is 11.7 Å². The van der Waals surface area contributed by atoms with Crippen LogP contribution in [0.1, 0.15) is 20.3 Å². The van der Waals surface area contributed by atoms with Crippen LogP contribution in [0.4, 0.5) is 0 Å². The van der Waals surface area contributed by atoms with Gasteiger partial charge in [-0.05, 0) is 19.4 Å². The standard InChI is InChI=1S/C14H21N3/c1-6-8-9-12-10-14(17(4)5)16-11(3)15-13(12)7-2/h6-9,13H,2,10H2,1,3-5H3/b8-6-,12-9-. The van der Waals surface area contributed by atoms with Crippen LogP contribution >= 0.6 is 0 Å². The number of nitrogens with zero attached hydrogens (tertiary/aromatic N) is 3. The number of hydrogen-bond donors (Lipinski definition) is 0. The molecule has 1 unspecified atom stereocenters. The zero-order chi connectivity index (χ0) is 12.8. The fourth-order valence-corrected chi connectivity index (χ4v) is 1.67. The van der Waals surface area contributed by atoms with E-state index < -0.39 is 0 Å². The normalized spacial score (nSPS) is 23.3. The first-order valence-electron chi connectivity index (χ1n) is 5.82. The predicted octanol–water partition coefficient (Wildman–Crippen LogP) is 2.83. The minimum Gasteiger partial charge on any atom is -0.366 e. The molecule has 3 heteroatoms. The van der Waals surface area contributed by atoms with Crippen molar-refractivity contribution in [1.29, 1.82) is 0 Å². The highest BCUT2D eigenvalue weighted by Gasteiger charge is 2.17. The molecule has 17 heavy (non-hydrogen) atoms. The Hall–Kier alpha value is -1.64. The maximum Gasteiger partial charge on any atom is 0.123 e. The average Bonchev–Trinajstić information content (AvgIpc) is 2.45. The Bertz CT molecular complexity index is 398. The molecule has 0 fully saturated rings. The smallest absolute Gasteiger partial charge is 0.123 e. The zero-order valence-corrected chi connectivity index (χ0v) is 11.1. The van der Waals surface area contributed by atoms with Crippen LogP contribution in [-0.4, -0.2) is 36.7 Å². The van der Waals surface area contributed by atoms with Crippen molar-refractivity contribution in [2.75, 3.05) is 14.1 Å². The summed E-state index contributed by atoms with van der Waals surface area (Å²) in [5.74, 6) is 1.84. The third-order valence-electron chi connectivity index (χ3n) is 2.60. The fraction of sp³-hybridized carbons (Fsp3) is 0.429. The molecule has 92 valence electrons. The summed E-state index contributed by atoms with van der Waals surface area (Å²) < 4.78 is 0. The Morgan fingerprint density at radius 2 is 2.12 bits per heavy atom. The van der Waals surface area contributed by atoms with E-state index in [2.05, 4.69) is 22.6 Å². The largest absolute Gasteiger partial charge is 0.366 e. The quantitative estimate of drug-likeness (QED) is 0.672. The molecule has 3 nitrogen and oxygen atoms in total. The van der Waals surface area contributed by atoms with Crippen molar-refractivity contribution in [2.24, 2.45) is 9.98 Å². The van der Waals surface area contributed by atoms with Gasteiger partial charge < -0.3 is 4.90 Å². The van der Waals surface area contributed by atoms with Crippen LogP contribution in [0.25, 0.3) is 0 Å². The van der Waals surface area contributed by atoms with Gasteiger partial charge in [0, 0.05) is 20.5 Å². The van der Waals surface area contributed by atoms with Crippen LogP contribution in [0.3, 0.4) is 0 Å². The van der Waals surface area contributed by atoms with Crippen LogP contribution in [-0.2, 0) is 0 Å². The maximum atomic E-state index is 4.54.